The normalized spacial score (nSPS) is 24.6. The average Bonchev–Trinajstić information content (AvgIpc) is 2.47. The van der Waals surface area contributed by atoms with E-state index in [1.807, 2.05) is 18.2 Å². The number of benzene rings is 1. The maximum atomic E-state index is 6.05. The lowest BCUT2D eigenvalue weighted by atomic mass is 10.0. The molecule has 5 heteroatoms. The van der Waals surface area contributed by atoms with Crippen molar-refractivity contribution in [2.75, 3.05) is 33.9 Å². The van der Waals surface area contributed by atoms with Crippen LogP contribution in [0.1, 0.15) is 25.5 Å². The summed E-state index contributed by atoms with van der Waals surface area (Å²) in [5.74, 6) is 1.60. The second kappa shape index (κ2) is 7.11. The fraction of sp³-hybridized carbons (Fsp3) is 0.625. The second-order valence-corrected chi connectivity index (χ2v) is 5.57. The van der Waals surface area contributed by atoms with E-state index in [2.05, 4.69) is 18.7 Å². The summed E-state index contributed by atoms with van der Waals surface area (Å²) in [5.41, 5.74) is 7.15. The molecule has 0 amide bonds. The molecule has 0 aromatic heterocycles. The number of nitrogens with zero attached hydrogens (tertiary/aromatic N) is 1. The van der Waals surface area contributed by atoms with Gasteiger partial charge in [0.05, 0.1) is 32.5 Å². The molecule has 1 saturated heterocycles. The largest absolute Gasteiger partial charge is 0.497 e. The van der Waals surface area contributed by atoms with Gasteiger partial charge in [-0.05, 0) is 19.9 Å². The van der Waals surface area contributed by atoms with Crippen LogP contribution < -0.4 is 15.2 Å². The van der Waals surface area contributed by atoms with Crippen LogP contribution in [-0.4, -0.2) is 51.0 Å². The lowest BCUT2D eigenvalue weighted by Crippen LogP contribution is -2.48. The summed E-state index contributed by atoms with van der Waals surface area (Å²) in [7, 11) is 3.33. The van der Waals surface area contributed by atoms with Crippen LogP contribution in [0.4, 0.5) is 0 Å². The Balaban J connectivity index is 2.28. The van der Waals surface area contributed by atoms with Gasteiger partial charge in [0, 0.05) is 31.3 Å². The van der Waals surface area contributed by atoms with Gasteiger partial charge in [0.1, 0.15) is 11.5 Å². The Bertz CT molecular complexity index is 457. The summed E-state index contributed by atoms with van der Waals surface area (Å²) >= 11 is 0. The fourth-order valence-corrected chi connectivity index (χ4v) is 3.04. The van der Waals surface area contributed by atoms with Crippen LogP contribution in [0.25, 0.3) is 0 Å². The molecular weight excluding hydrogens is 268 g/mol. The van der Waals surface area contributed by atoms with E-state index in [0.717, 1.165) is 30.2 Å². The van der Waals surface area contributed by atoms with Crippen molar-refractivity contribution in [3.63, 3.8) is 0 Å². The van der Waals surface area contributed by atoms with E-state index < -0.39 is 0 Å². The summed E-state index contributed by atoms with van der Waals surface area (Å²) in [6.45, 7) is 6.49. The highest BCUT2D eigenvalue weighted by atomic mass is 16.5. The van der Waals surface area contributed by atoms with Crippen LogP contribution in [0.2, 0.25) is 0 Å². The van der Waals surface area contributed by atoms with Crippen molar-refractivity contribution in [2.24, 2.45) is 5.73 Å². The molecule has 118 valence electrons. The molecule has 0 spiro atoms. The Morgan fingerprint density at radius 2 is 1.90 bits per heavy atom. The van der Waals surface area contributed by atoms with Crippen LogP contribution in [0.5, 0.6) is 11.5 Å². The Labute approximate surface area is 127 Å². The van der Waals surface area contributed by atoms with Gasteiger partial charge < -0.3 is 19.9 Å². The number of hydrogen-bond donors (Lipinski definition) is 1. The number of ether oxygens (including phenoxy) is 3. The summed E-state index contributed by atoms with van der Waals surface area (Å²) in [6, 6.07) is 6.03. The molecule has 5 nitrogen and oxygen atoms in total. The highest BCUT2D eigenvalue weighted by Crippen LogP contribution is 2.33. The average molecular weight is 294 g/mol. The topological polar surface area (TPSA) is 57.0 Å². The van der Waals surface area contributed by atoms with Crippen LogP contribution >= 0.6 is 0 Å². The van der Waals surface area contributed by atoms with Crippen molar-refractivity contribution in [3.05, 3.63) is 23.8 Å². The highest BCUT2D eigenvalue weighted by molar-refractivity contribution is 5.42. The van der Waals surface area contributed by atoms with Crippen LogP contribution in [0.15, 0.2) is 18.2 Å². The van der Waals surface area contributed by atoms with E-state index in [1.54, 1.807) is 14.2 Å². The van der Waals surface area contributed by atoms with Crippen LogP contribution in [0.3, 0.4) is 0 Å². The first-order valence-corrected chi connectivity index (χ1v) is 7.40. The lowest BCUT2D eigenvalue weighted by Gasteiger charge is -2.40. The molecule has 1 aliphatic heterocycles. The number of morpholine rings is 1. The third kappa shape index (κ3) is 3.67. The molecule has 2 rings (SSSR count). The van der Waals surface area contributed by atoms with Crippen LogP contribution in [-0.2, 0) is 4.74 Å². The van der Waals surface area contributed by atoms with Gasteiger partial charge in [-0.2, -0.15) is 0 Å². The van der Waals surface area contributed by atoms with E-state index in [4.69, 9.17) is 19.9 Å². The third-order valence-electron chi connectivity index (χ3n) is 3.91. The maximum Gasteiger partial charge on any atom is 0.127 e. The van der Waals surface area contributed by atoms with E-state index in [0.29, 0.717) is 6.54 Å². The molecule has 0 aliphatic carbocycles. The molecule has 1 heterocycles. The van der Waals surface area contributed by atoms with Gasteiger partial charge in [-0.15, -0.1) is 0 Å². The number of methoxy groups -OCH3 is 2. The van der Waals surface area contributed by atoms with Crippen molar-refractivity contribution in [1.29, 1.82) is 0 Å². The Morgan fingerprint density at radius 1 is 1.24 bits per heavy atom. The zero-order chi connectivity index (χ0) is 15.4. The van der Waals surface area contributed by atoms with E-state index >= 15 is 0 Å². The molecule has 0 saturated carbocycles. The SMILES string of the molecule is COc1ccc([C@@H](CN)N2C[C@@H](C)O[C@@H](C)C2)c(OC)c1. The highest BCUT2D eigenvalue weighted by Gasteiger charge is 2.29. The first-order chi connectivity index (χ1) is 10.1. The van der Waals surface area contributed by atoms with Crippen molar-refractivity contribution in [2.45, 2.75) is 32.1 Å². The quantitative estimate of drug-likeness (QED) is 0.897. The maximum absolute atomic E-state index is 6.05. The van der Waals surface area contributed by atoms with E-state index in [-0.39, 0.29) is 18.2 Å². The molecule has 3 atom stereocenters. The molecule has 0 radical (unpaired) electrons. The standard InChI is InChI=1S/C16H26N2O3/c1-11-9-18(10-12(2)21-11)15(8-17)14-6-5-13(19-3)7-16(14)20-4/h5-7,11-12,15H,8-10,17H2,1-4H3/t11-,12+,15-/m1/s1. The van der Waals surface area contributed by atoms with Gasteiger partial charge in [-0.25, -0.2) is 0 Å². The first-order valence-electron chi connectivity index (χ1n) is 7.40. The summed E-state index contributed by atoms with van der Waals surface area (Å²) in [6.07, 6.45) is 0.430. The summed E-state index contributed by atoms with van der Waals surface area (Å²) in [5, 5.41) is 0. The molecule has 0 bridgehead atoms. The van der Waals surface area contributed by atoms with Gasteiger partial charge in [-0.1, -0.05) is 6.07 Å². The van der Waals surface area contributed by atoms with E-state index in [9.17, 15) is 0 Å². The predicted molar refractivity (Wildman–Crippen MR) is 82.9 cm³/mol. The summed E-state index contributed by atoms with van der Waals surface area (Å²) in [4.78, 5) is 2.38. The van der Waals surface area contributed by atoms with Gasteiger partial charge in [-0.3, -0.25) is 4.90 Å². The minimum atomic E-state index is 0.125. The Kier molecular flexibility index (Phi) is 5.45. The van der Waals surface area contributed by atoms with Gasteiger partial charge >= 0.3 is 0 Å². The summed E-state index contributed by atoms with van der Waals surface area (Å²) < 4.78 is 16.6. The molecule has 1 fully saturated rings. The van der Waals surface area contributed by atoms with Gasteiger partial charge in [0.15, 0.2) is 0 Å². The molecule has 0 unspecified atom stereocenters. The zero-order valence-corrected chi connectivity index (χ0v) is 13.3. The van der Waals surface area contributed by atoms with Gasteiger partial charge in [0.25, 0.3) is 0 Å². The smallest absolute Gasteiger partial charge is 0.127 e. The first kappa shape index (κ1) is 16.1. The number of nitrogens with two attached hydrogens (primary N) is 1. The molecule has 1 aromatic rings. The molecule has 2 N–H and O–H groups in total. The monoisotopic (exact) mass is 294 g/mol. The van der Waals surface area contributed by atoms with Gasteiger partial charge in [0.2, 0.25) is 0 Å². The Morgan fingerprint density at radius 3 is 2.43 bits per heavy atom. The zero-order valence-electron chi connectivity index (χ0n) is 13.3. The predicted octanol–water partition coefficient (Wildman–Crippen LogP) is 1.81. The lowest BCUT2D eigenvalue weighted by molar-refractivity contribution is -0.0801. The minimum absolute atomic E-state index is 0.125. The minimum Gasteiger partial charge on any atom is -0.497 e. The number of rotatable bonds is 5. The van der Waals surface area contributed by atoms with Crippen molar-refractivity contribution in [3.8, 4) is 11.5 Å². The van der Waals surface area contributed by atoms with Crippen molar-refractivity contribution >= 4 is 0 Å². The molecule has 1 aliphatic rings. The third-order valence-corrected chi connectivity index (χ3v) is 3.91. The molecule has 21 heavy (non-hydrogen) atoms. The van der Waals surface area contributed by atoms with Crippen LogP contribution in [0, 0.1) is 0 Å². The fourth-order valence-electron chi connectivity index (χ4n) is 3.04. The molecule has 1 aromatic carbocycles. The second-order valence-electron chi connectivity index (χ2n) is 5.57. The van der Waals surface area contributed by atoms with Crippen molar-refractivity contribution < 1.29 is 14.2 Å². The Hall–Kier alpha value is -1.30. The van der Waals surface area contributed by atoms with Crippen molar-refractivity contribution in [1.82, 2.24) is 4.90 Å². The van der Waals surface area contributed by atoms with E-state index in [1.165, 1.54) is 0 Å². The number of hydrogen-bond acceptors (Lipinski definition) is 5. The molecular formula is C16H26N2O3.